The third-order valence-corrected chi connectivity index (χ3v) is 5.40. The van der Waals surface area contributed by atoms with Crippen molar-refractivity contribution in [2.75, 3.05) is 10.7 Å². The molecule has 1 rings (SSSR count). The lowest BCUT2D eigenvalue weighted by molar-refractivity contribution is 0.374. The van der Waals surface area contributed by atoms with Gasteiger partial charge in [0.05, 0.1) is 0 Å². The third kappa shape index (κ3) is 3.76. The highest BCUT2D eigenvalue weighted by molar-refractivity contribution is 9.09. The summed E-state index contributed by atoms with van der Waals surface area (Å²) < 4.78 is 0. The Bertz CT molecular complexity index is 300. The van der Waals surface area contributed by atoms with Gasteiger partial charge in [-0.15, -0.1) is 0 Å². The Kier molecular flexibility index (Phi) is 5.65. The molecule has 0 atom stereocenters. The quantitative estimate of drug-likeness (QED) is 0.648. The van der Waals surface area contributed by atoms with Gasteiger partial charge in [-0.2, -0.15) is 0 Å². The van der Waals surface area contributed by atoms with Gasteiger partial charge in [-0.05, 0) is 36.0 Å². The van der Waals surface area contributed by atoms with Crippen LogP contribution in [-0.4, -0.2) is 10.7 Å². The molecule has 0 unspecified atom stereocenters. The van der Waals surface area contributed by atoms with E-state index in [0.717, 1.165) is 28.5 Å². The normalized spacial score (nSPS) is 11.7. The fourth-order valence-corrected chi connectivity index (χ4v) is 3.86. The molecule has 0 aliphatic heterocycles. The first-order valence-corrected chi connectivity index (χ1v) is 7.64. The van der Waals surface area contributed by atoms with Crippen molar-refractivity contribution in [3.8, 4) is 0 Å². The fourth-order valence-electron chi connectivity index (χ4n) is 1.52. The van der Waals surface area contributed by atoms with Crippen molar-refractivity contribution in [1.82, 2.24) is 0 Å². The molecular formula is C12H15Br2Cl. The summed E-state index contributed by atoms with van der Waals surface area (Å²) in [5.41, 5.74) is 1.60. The van der Waals surface area contributed by atoms with Crippen LogP contribution in [0.4, 0.5) is 0 Å². The molecule has 0 aromatic heterocycles. The molecule has 0 heterocycles. The van der Waals surface area contributed by atoms with Crippen LogP contribution in [-0.2, 0) is 6.42 Å². The number of hydrogen-bond acceptors (Lipinski definition) is 0. The van der Waals surface area contributed by atoms with Crippen molar-refractivity contribution < 1.29 is 0 Å². The van der Waals surface area contributed by atoms with Crippen LogP contribution in [0.2, 0.25) is 5.02 Å². The van der Waals surface area contributed by atoms with Gasteiger partial charge in [0.25, 0.3) is 0 Å². The van der Waals surface area contributed by atoms with Crippen molar-refractivity contribution in [1.29, 1.82) is 0 Å². The number of benzene rings is 1. The van der Waals surface area contributed by atoms with Gasteiger partial charge in [-0.1, -0.05) is 62.5 Å². The summed E-state index contributed by atoms with van der Waals surface area (Å²) in [5.74, 6) is 0. The maximum absolute atomic E-state index is 5.98. The first kappa shape index (κ1) is 13.5. The van der Waals surface area contributed by atoms with Crippen LogP contribution in [0, 0.1) is 5.41 Å². The van der Waals surface area contributed by atoms with E-state index in [0.29, 0.717) is 5.41 Å². The van der Waals surface area contributed by atoms with Crippen LogP contribution in [0.3, 0.4) is 0 Å². The largest absolute Gasteiger partial charge is 0.0922 e. The molecule has 0 amide bonds. The predicted octanol–water partition coefficient (Wildman–Crippen LogP) is 5.07. The molecule has 0 aliphatic rings. The zero-order valence-electron chi connectivity index (χ0n) is 8.77. The summed E-state index contributed by atoms with van der Waals surface area (Å²) in [4.78, 5) is 0. The van der Waals surface area contributed by atoms with E-state index in [9.17, 15) is 0 Å². The number of alkyl halides is 2. The summed E-state index contributed by atoms with van der Waals surface area (Å²) in [6.07, 6.45) is 2.20. The highest BCUT2D eigenvalue weighted by Gasteiger charge is 2.25. The third-order valence-electron chi connectivity index (χ3n) is 2.79. The van der Waals surface area contributed by atoms with Crippen LogP contribution in [0.5, 0.6) is 0 Å². The molecule has 1 aromatic carbocycles. The number of hydrogen-bond donors (Lipinski definition) is 0. The van der Waals surface area contributed by atoms with Gasteiger partial charge in [0, 0.05) is 15.7 Å². The Morgan fingerprint density at radius 3 is 2.40 bits per heavy atom. The molecule has 1 aromatic rings. The van der Waals surface area contributed by atoms with Gasteiger partial charge in [-0.25, -0.2) is 0 Å². The van der Waals surface area contributed by atoms with Crippen molar-refractivity contribution in [2.45, 2.75) is 19.8 Å². The zero-order valence-corrected chi connectivity index (χ0v) is 12.7. The van der Waals surface area contributed by atoms with Gasteiger partial charge in [0.2, 0.25) is 0 Å². The second-order valence-electron chi connectivity index (χ2n) is 3.93. The number of halogens is 3. The molecule has 84 valence electrons. The maximum atomic E-state index is 5.98. The fraction of sp³-hybridized carbons (Fsp3) is 0.500. The molecular weight excluding hydrogens is 339 g/mol. The molecule has 0 saturated heterocycles. The Balaban J connectivity index is 2.82. The highest BCUT2D eigenvalue weighted by Crippen LogP contribution is 2.32. The van der Waals surface area contributed by atoms with Gasteiger partial charge in [0.15, 0.2) is 0 Å². The molecule has 3 heteroatoms. The van der Waals surface area contributed by atoms with Gasteiger partial charge in [0.1, 0.15) is 0 Å². The summed E-state index contributed by atoms with van der Waals surface area (Å²) in [7, 11) is 0. The van der Waals surface area contributed by atoms with Crippen LogP contribution in [0.15, 0.2) is 24.3 Å². The second-order valence-corrected chi connectivity index (χ2v) is 5.49. The Labute approximate surface area is 114 Å². The van der Waals surface area contributed by atoms with Crippen LogP contribution in [0.25, 0.3) is 0 Å². The second kappa shape index (κ2) is 6.27. The van der Waals surface area contributed by atoms with Gasteiger partial charge < -0.3 is 0 Å². The Hall–Kier alpha value is 0.470. The zero-order chi connectivity index (χ0) is 11.3. The molecule has 0 N–H and O–H groups in total. The molecule has 0 aliphatic carbocycles. The van der Waals surface area contributed by atoms with E-state index in [1.54, 1.807) is 0 Å². The number of rotatable bonds is 5. The van der Waals surface area contributed by atoms with Gasteiger partial charge >= 0.3 is 0 Å². The standard InChI is InChI=1S/C12H15Br2Cl/c1-2-12(8-13,9-14)7-10-4-3-5-11(15)6-10/h3-6H,2,7-9H2,1H3. The Morgan fingerprint density at radius 1 is 1.27 bits per heavy atom. The predicted molar refractivity (Wildman–Crippen MR) is 75.5 cm³/mol. The molecule has 0 radical (unpaired) electrons. The first-order valence-electron chi connectivity index (χ1n) is 5.02. The van der Waals surface area contributed by atoms with Gasteiger partial charge in [-0.3, -0.25) is 0 Å². The first-order chi connectivity index (χ1) is 7.15. The Morgan fingerprint density at radius 2 is 1.93 bits per heavy atom. The van der Waals surface area contributed by atoms with E-state index in [1.165, 1.54) is 5.56 Å². The summed E-state index contributed by atoms with van der Waals surface area (Å²) in [5, 5.41) is 2.84. The average molecular weight is 355 g/mol. The van der Waals surface area contributed by atoms with Crippen LogP contribution in [0.1, 0.15) is 18.9 Å². The minimum atomic E-state index is 0.296. The summed E-state index contributed by atoms with van der Waals surface area (Å²) in [6.45, 7) is 2.23. The molecule has 15 heavy (non-hydrogen) atoms. The van der Waals surface area contributed by atoms with E-state index >= 15 is 0 Å². The van der Waals surface area contributed by atoms with Crippen LogP contribution >= 0.6 is 43.5 Å². The van der Waals surface area contributed by atoms with E-state index in [4.69, 9.17) is 11.6 Å². The minimum Gasteiger partial charge on any atom is -0.0922 e. The van der Waals surface area contributed by atoms with Crippen molar-refractivity contribution >= 4 is 43.5 Å². The molecule has 0 bridgehead atoms. The minimum absolute atomic E-state index is 0.296. The van der Waals surface area contributed by atoms with E-state index in [2.05, 4.69) is 50.9 Å². The van der Waals surface area contributed by atoms with Crippen LogP contribution < -0.4 is 0 Å². The lowest BCUT2D eigenvalue weighted by Crippen LogP contribution is -2.26. The van der Waals surface area contributed by atoms with Crippen molar-refractivity contribution in [2.24, 2.45) is 5.41 Å². The maximum Gasteiger partial charge on any atom is 0.0408 e. The topological polar surface area (TPSA) is 0 Å². The molecule has 0 nitrogen and oxygen atoms in total. The molecule has 0 fully saturated rings. The smallest absolute Gasteiger partial charge is 0.0408 e. The summed E-state index contributed by atoms with van der Waals surface area (Å²) in [6, 6.07) is 8.13. The highest BCUT2D eigenvalue weighted by atomic mass is 79.9. The van der Waals surface area contributed by atoms with E-state index in [1.807, 2.05) is 12.1 Å². The van der Waals surface area contributed by atoms with E-state index < -0.39 is 0 Å². The van der Waals surface area contributed by atoms with Crippen molar-refractivity contribution in [3.63, 3.8) is 0 Å². The van der Waals surface area contributed by atoms with Crippen molar-refractivity contribution in [3.05, 3.63) is 34.9 Å². The lowest BCUT2D eigenvalue weighted by Gasteiger charge is -2.28. The monoisotopic (exact) mass is 352 g/mol. The lowest BCUT2D eigenvalue weighted by atomic mass is 9.83. The molecule has 0 spiro atoms. The summed E-state index contributed by atoms with van der Waals surface area (Å²) >= 11 is 13.2. The van der Waals surface area contributed by atoms with E-state index in [-0.39, 0.29) is 0 Å². The average Bonchev–Trinajstić information content (AvgIpc) is 2.26. The molecule has 0 saturated carbocycles. The SMILES string of the molecule is CCC(CBr)(CBr)Cc1cccc(Cl)c1.